The number of carbonyl (C=O) groups excluding carboxylic acids is 1. The van der Waals surface area contributed by atoms with Gasteiger partial charge in [0.15, 0.2) is 5.78 Å². The van der Waals surface area contributed by atoms with Crippen molar-refractivity contribution >= 4 is 16.7 Å². The Balaban J connectivity index is 1.42. The minimum atomic E-state index is 0.0726. The van der Waals surface area contributed by atoms with E-state index in [9.17, 15) is 4.79 Å². The van der Waals surface area contributed by atoms with Crippen LogP contribution in [0.15, 0.2) is 54.9 Å². The summed E-state index contributed by atoms with van der Waals surface area (Å²) in [7, 11) is 1.90. The minimum absolute atomic E-state index is 0.0726. The van der Waals surface area contributed by atoms with Gasteiger partial charge in [-0.2, -0.15) is 15.3 Å². The molecule has 0 unspecified atom stereocenters. The van der Waals surface area contributed by atoms with E-state index in [0.717, 1.165) is 47.1 Å². The third-order valence-electron chi connectivity index (χ3n) is 5.43. The number of rotatable bonds is 4. The highest BCUT2D eigenvalue weighted by atomic mass is 16.1. The molecule has 1 N–H and O–H groups in total. The Morgan fingerprint density at radius 3 is 2.86 bits per heavy atom. The number of hydrogen-bond acceptors (Lipinski definition) is 5. The van der Waals surface area contributed by atoms with Crippen LogP contribution in [0.5, 0.6) is 0 Å². The van der Waals surface area contributed by atoms with E-state index in [1.807, 2.05) is 49.8 Å². The molecular formula is C23H21N5O. The highest BCUT2D eigenvalue weighted by Gasteiger charge is 2.14. The summed E-state index contributed by atoms with van der Waals surface area (Å²) < 4.78 is 1.78. The Labute approximate surface area is 168 Å². The van der Waals surface area contributed by atoms with Crippen LogP contribution in [0.25, 0.3) is 22.0 Å². The van der Waals surface area contributed by atoms with Crippen LogP contribution < -0.4 is 5.32 Å². The molecule has 0 spiro atoms. The van der Waals surface area contributed by atoms with Gasteiger partial charge in [0.2, 0.25) is 0 Å². The van der Waals surface area contributed by atoms with Crippen molar-refractivity contribution in [2.75, 3.05) is 6.54 Å². The molecule has 0 fully saturated rings. The Kier molecular flexibility index (Phi) is 4.41. The van der Waals surface area contributed by atoms with Crippen LogP contribution >= 0.6 is 0 Å². The van der Waals surface area contributed by atoms with Crippen molar-refractivity contribution < 1.29 is 4.79 Å². The summed E-state index contributed by atoms with van der Waals surface area (Å²) in [4.78, 5) is 12.8. The van der Waals surface area contributed by atoms with Gasteiger partial charge in [-0.3, -0.25) is 9.48 Å². The number of aryl methyl sites for hydroxylation is 1. The monoisotopic (exact) mass is 383 g/mol. The van der Waals surface area contributed by atoms with E-state index in [1.54, 1.807) is 4.68 Å². The van der Waals surface area contributed by atoms with Gasteiger partial charge in [0.05, 0.1) is 23.8 Å². The number of nitrogens with zero attached hydrogens (tertiary/aromatic N) is 4. The molecule has 6 nitrogen and oxygen atoms in total. The summed E-state index contributed by atoms with van der Waals surface area (Å²) in [5.41, 5.74) is 6.91. The van der Waals surface area contributed by atoms with Crippen molar-refractivity contribution in [3.05, 3.63) is 77.2 Å². The third-order valence-corrected chi connectivity index (χ3v) is 5.43. The summed E-state index contributed by atoms with van der Waals surface area (Å²) in [6.07, 6.45) is 5.03. The minimum Gasteiger partial charge on any atom is -0.312 e. The fourth-order valence-electron chi connectivity index (χ4n) is 3.84. The predicted molar refractivity (Wildman–Crippen MR) is 112 cm³/mol. The van der Waals surface area contributed by atoms with E-state index >= 15 is 0 Å². The van der Waals surface area contributed by atoms with Gasteiger partial charge < -0.3 is 5.32 Å². The quantitative estimate of drug-likeness (QED) is 0.548. The molecule has 0 radical (unpaired) electrons. The van der Waals surface area contributed by atoms with Gasteiger partial charge in [0, 0.05) is 36.3 Å². The maximum Gasteiger partial charge on any atom is 0.168 e. The van der Waals surface area contributed by atoms with Crippen LogP contribution in [-0.4, -0.2) is 32.3 Å². The second-order valence-corrected chi connectivity index (χ2v) is 7.52. The van der Waals surface area contributed by atoms with Crippen molar-refractivity contribution in [2.45, 2.75) is 19.4 Å². The number of ketones is 1. The Bertz CT molecular complexity index is 1230. The van der Waals surface area contributed by atoms with Gasteiger partial charge in [-0.25, -0.2) is 0 Å². The highest BCUT2D eigenvalue weighted by Crippen LogP contribution is 2.24. The summed E-state index contributed by atoms with van der Waals surface area (Å²) in [6.45, 7) is 1.83. The zero-order chi connectivity index (χ0) is 19.8. The Morgan fingerprint density at radius 2 is 2.00 bits per heavy atom. The molecule has 0 saturated heterocycles. The van der Waals surface area contributed by atoms with Crippen LogP contribution in [0.3, 0.4) is 0 Å². The zero-order valence-corrected chi connectivity index (χ0v) is 16.2. The number of aromatic nitrogens is 4. The van der Waals surface area contributed by atoms with Crippen molar-refractivity contribution in [1.82, 2.24) is 25.3 Å². The molecular weight excluding hydrogens is 362 g/mol. The first-order chi connectivity index (χ1) is 14.2. The molecule has 144 valence electrons. The van der Waals surface area contributed by atoms with Gasteiger partial charge in [0.1, 0.15) is 0 Å². The fraction of sp³-hybridized carbons (Fsp3) is 0.217. The lowest BCUT2D eigenvalue weighted by Gasteiger charge is -2.17. The number of carbonyl (C=O) groups is 1. The van der Waals surface area contributed by atoms with Crippen LogP contribution in [-0.2, 0) is 26.4 Å². The number of hydrogen-bond donors (Lipinski definition) is 1. The van der Waals surface area contributed by atoms with Gasteiger partial charge in [0.25, 0.3) is 0 Å². The summed E-state index contributed by atoms with van der Waals surface area (Å²) in [5.74, 6) is 0.0726. The molecule has 0 bridgehead atoms. The molecule has 0 aliphatic carbocycles. The van der Waals surface area contributed by atoms with Crippen LogP contribution in [0.2, 0.25) is 0 Å². The second-order valence-electron chi connectivity index (χ2n) is 7.52. The van der Waals surface area contributed by atoms with Crippen molar-refractivity contribution in [3.8, 4) is 11.1 Å². The molecule has 1 aliphatic heterocycles. The van der Waals surface area contributed by atoms with Crippen LogP contribution in [0.1, 0.15) is 27.2 Å². The zero-order valence-electron chi connectivity index (χ0n) is 16.2. The molecule has 0 amide bonds. The SMILES string of the molecule is Cn1cc(-c2ccc3nnc(CC(=O)c4ccc5c(c4)CCNC5)cc3c2)cn1. The maximum atomic E-state index is 12.8. The second kappa shape index (κ2) is 7.22. The first kappa shape index (κ1) is 17.7. The van der Waals surface area contributed by atoms with E-state index < -0.39 is 0 Å². The van der Waals surface area contributed by atoms with Gasteiger partial charge in [-0.05, 0) is 53.9 Å². The topological polar surface area (TPSA) is 72.7 Å². The van der Waals surface area contributed by atoms with Crippen LogP contribution in [0.4, 0.5) is 0 Å². The number of benzene rings is 2. The lowest BCUT2D eigenvalue weighted by atomic mass is 9.95. The van der Waals surface area contributed by atoms with E-state index in [2.05, 4.69) is 32.7 Å². The van der Waals surface area contributed by atoms with E-state index in [0.29, 0.717) is 5.69 Å². The number of fused-ring (bicyclic) bond motifs is 2. The number of Topliss-reactive ketones (excluding diaryl/α,β-unsaturated/α-hetero) is 1. The van der Waals surface area contributed by atoms with Gasteiger partial charge in [-0.1, -0.05) is 18.2 Å². The largest absolute Gasteiger partial charge is 0.312 e. The lowest BCUT2D eigenvalue weighted by molar-refractivity contribution is 0.0991. The van der Waals surface area contributed by atoms with Crippen molar-refractivity contribution in [1.29, 1.82) is 0 Å². The predicted octanol–water partition coefficient (Wildman–Crippen LogP) is 3.10. The van der Waals surface area contributed by atoms with Gasteiger partial charge >= 0.3 is 0 Å². The molecule has 0 saturated carbocycles. The van der Waals surface area contributed by atoms with Crippen LogP contribution in [0, 0.1) is 0 Å². The molecule has 3 heterocycles. The maximum absolute atomic E-state index is 12.8. The van der Waals surface area contributed by atoms with E-state index in [4.69, 9.17) is 0 Å². The standard InChI is InChI=1S/C23H21N5O/c1-28-14-20(13-25-28)15-4-5-22-19(9-15)10-21(26-27-22)11-23(29)17-2-3-18-12-24-7-6-16(18)8-17/h2-5,8-10,13-14,24H,6-7,11-12H2,1H3. The third kappa shape index (κ3) is 3.54. The number of nitrogens with one attached hydrogen (secondary N) is 1. The summed E-state index contributed by atoms with van der Waals surface area (Å²) >= 11 is 0. The van der Waals surface area contributed by atoms with Crippen molar-refractivity contribution in [2.24, 2.45) is 7.05 Å². The molecule has 1 aliphatic rings. The van der Waals surface area contributed by atoms with E-state index in [1.165, 1.54) is 11.1 Å². The van der Waals surface area contributed by atoms with Gasteiger partial charge in [-0.15, -0.1) is 0 Å². The molecule has 2 aromatic carbocycles. The average Bonchev–Trinajstić information content (AvgIpc) is 3.19. The summed E-state index contributed by atoms with van der Waals surface area (Å²) in [5, 5.41) is 17.1. The van der Waals surface area contributed by atoms with E-state index in [-0.39, 0.29) is 12.2 Å². The Morgan fingerprint density at radius 1 is 1.07 bits per heavy atom. The highest BCUT2D eigenvalue weighted by molar-refractivity contribution is 5.98. The molecule has 29 heavy (non-hydrogen) atoms. The summed E-state index contributed by atoms with van der Waals surface area (Å²) in [6, 6.07) is 14.0. The first-order valence-corrected chi connectivity index (χ1v) is 9.77. The fourth-order valence-corrected chi connectivity index (χ4v) is 3.84. The molecule has 4 aromatic rings. The Hall–Kier alpha value is -3.38. The molecule has 6 heteroatoms. The lowest BCUT2D eigenvalue weighted by Crippen LogP contribution is -2.23. The smallest absolute Gasteiger partial charge is 0.168 e. The molecule has 5 rings (SSSR count). The average molecular weight is 383 g/mol. The normalized spacial score (nSPS) is 13.4. The molecule has 2 aromatic heterocycles. The van der Waals surface area contributed by atoms with Crippen molar-refractivity contribution in [3.63, 3.8) is 0 Å². The molecule has 0 atom stereocenters. The first-order valence-electron chi connectivity index (χ1n) is 9.77.